The molecule has 140 valence electrons. The van der Waals surface area contributed by atoms with Gasteiger partial charge in [-0.05, 0) is 58.9 Å². The molecule has 1 aromatic rings. The number of piperidine rings is 1. The van der Waals surface area contributed by atoms with E-state index in [-0.39, 0.29) is 11.1 Å². The quantitative estimate of drug-likeness (QED) is 0.786. The van der Waals surface area contributed by atoms with Gasteiger partial charge >= 0.3 is 0 Å². The molecule has 1 aromatic carbocycles. The molecule has 1 heterocycles. The first-order chi connectivity index (χ1) is 11.7. The van der Waals surface area contributed by atoms with Crippen LogP contribution in [0.15, 0.2) is 30.3 Å². The third kappa shape index (κ3) is 6.14. The highest BCUT2D eigenvalue weighted by molar-refractivity contribution is 5.77. The number of aryl methyl sites for hydroxylation is 1. The molecule has 1 saturated heterocycles. The van der Waals surface area contributed by atoms with E-state index >= 15 is 0 Å². The van der Waals surface area contributed by atoms with Crippen molar-refractivity contribution in [2.24, 2.45) is 0 Å². The normalized spacial score (nSPS) is 19.6. The van der Waals surface area contributed by atoms with Crippen molar-refractivity contribution in [1.82, 2.24) is 10.2 Å². The second kappa shape index (κ2) is 8.35. The van der Waals surface area contributed by atoms with Crippen molar-refractivity contribution in [3.63, 3.8) is 0 Å². The lowest BCUT2D eigenvalue weighted by Crippen LogP contribution is -2.62. The fourth-order valence-electron chi connectivity index (χ4n) is 4.37. The van der Waals surface area contributed by atoms with E-state index in [1.165, 1.54) is 5.56 Å². The second-order valence-electron chi connectivity index (χ2n) is 8.88. The zero-order chi connectivity index (χ0) is 18.5. The number of amides is 1. The van der Waals surface area contributed by atoms with Gasteiger partial charge in [-0.1, -0.05) is 43.7 Å². The van der Waals surface area contributed by atoms with Crippen LogP contribution in [-0.4, -0.2) is 34.5 Å². The van der Waals surface area contributed by atoms with Crippen LogP contribution in [0.5, 0.6) is 0 Å². The zero-order valence-electron chi connectivity index (χ0n) is 16.8. The Morgan fingerprint density at radius 3 is 2.28 bits per heavy atom. The minimum Gasteiger partial charge on any atom is -0.340 e. The Balaban J connectivity index is 2.07. The first-order valence-corrected chi connectivity index (χ1v) is 9.85. The van der Waals surface area contributed by atoms with Crippen molar-refractivity contribution in [2.45, 2.75) is 90.3 Å². The molecule has 0 radical (unpaired) electrons. The summed E-state index contributed by atoms with van der Waals surface area (Å²) in [6.07, 6.45) is 5.70. The summed E-state index contributed by atoms with van der Waals surface area (Å²) < 4.78 is 0. The Morgan fingerprint density at radius 1 is 1.12 bits per heavy atom. The van der Waals surface area contributed by atoms with E-state index < -0.39 is 0 Å². The van der Waals surface area contributed by atoms with Gasteiger partial charge in [0.1, 0.15) is 0 Å². The molecule has 2 rings (SSSR count). The summed E-state index contributed by atoms with van der Waals surface area (Å²) in [7, 11) is 0. The summed E-state index contributed by atoms with van der Waals surface area (Å²) in [5.74, 6) is 0.316. The Labute approximate surface area is 154 Å². The molecule has 25 heavy (non-hydrogen) atoms. The average Bonchev–Trinajstić information content (AvgIpc) is 2.51. The van der Waals surface area contributed by atoms with Crippen LogP contribution in [0, 0.1) is 0 Å². The average molecular weight is 345 g/mol. The van der Waals surface area contributed by atoms with Crippen molar-refractivity contribution in [3.05, 3.63) is 35.9 Å². The minimum absolute atomic E-state index is 0.0661. The van der Waals surface area contributed by atoms with Crippen LogP contribution in [0.3, 0.4) is 0 Å². The van der Waals surface area contributed by atoms with E-state index in [0.29, 0.717) is 18.4 Å². The summed E-state index contributed by atoms with van der Waals surface area (Å²) in [6, 6.07) is 10.7. The number of rotatable bonds is 7. The number of hydrogen-bond donors (Lipinski definition) is 1. The molecule has 0 aliphatic carbocycles. The molecule has 1 N–H and O–H groups in total. The molecule has 0 bridgehead atoms. The van der Waals surface area contributed by atoms with Crippen LogP contribution < -0.4 is 5.32 Å². The molecule has 1 amide bonds. The van der Waals surface area contributed by atoms with Crippen molar-refractivity contribution < 1.29 is 4.79 Å². The predicted molar refractivity (Wildman–Crippen MR) is 106 cm³/mol. The summed E-state index contributed by atoms with van der Waals surface area (Å²) in [6.45, 7) is 12.1. The lowest BCUT2D eigenvalue weighted by Gasteiger charge is -2.49. The van der Waals surface area contributed by atoms with Gasteiger partial charge in [0.2, 0.25) is 5.91 Å². The monoisotopic (exact) mass is 344 g/mol. The number of hydrogen-bond acceptors (Lipinski definition) is 2. The van der Waals surface area contributed by atoms with E-state index in [4.69, 9.17) is 0 Å². The predicted octanol–water partition coefficient (Wildman–Crippen LogP) is 4.56. The molecule has 1 aliphatic rings. The largest absolute Gasteiger partial charge is 0.340 e. The molecule has 1 fully saturated rings. The Kier molecular flexibility index (Phi) is 6.67. The Morgan fingerprint density at radius 2 is 1.72 bits per heavy atom. The number of nitrogens with zero attached hydrogens (tertiary/aromatic N) is 1. The van der Waals surface area contributed by atoms with Crippen LogP contribution in [0.25, 0.3) is 0 Å². The third-order valence-electron chi connectivity index (χ3n) is 5.15. The van der Waals surface area contributed by atoms with Gasteiger partial charge < -0.3 is 10.2 Å². The molecule has 0 saturated carbocycles. The van der Waals surface area contributed by atoms with E-state index in [1.54, 1.807) is 0 Å². The lowest BCUT2D eigenvalue weighted by molar-refractivity contribution is -0.135. The maximum atomic E-state index is 13.0. The summed E-state index contributed by atoms with van der Waals surface area (Å²) in [5, 5.41) is 3.73. The topological polar surface area (TPSA) is 32.3 Å². The summed E-state index contributed by atoms with van der Waals surface area (Å²) >= 11 is 0. The SMILES string of the molecule is CCCCN(C(=O)CCc1ccccc1)C1CC(C)(C)NC(C)(C)C1. The van der Waals surface area contributed by atoms with Gasteiger partial charge in [0.15, 0.2) is 0 Å². The smallest absolute Gasteiger partial charge is 0.223 e. The molecule has 3 heteroatoms. The van der Waals surface area contributed by atoms with E-state index in [9.17, 15) is 4.79 Å². The third-order valence-corrected chi connectivity index (χ3v) is 5.15. The second-order valence-corrected chi connectivity index (χ2v) is 8.88. The highest BCUT2D eigenvalue weighted by atomic mass is 16.2. The van der Waals surface area contributed by atoms with Crippen molar-refractivity contribution in [3.8, 4) is 0 Å². The van der Waals surface area contributed by atoms with Crippen LogP contribution in [0.2, 0.25) is 0 Å². The van der Waals surface area contributed by atoms with Crippen molar-refractivity contribution in [1.29, 1.82) is 0 Å². The highest BCUT2D eigenvalue weighted by Gasteiger charge is 2.40. The van der Waals surface area contributed by atoms with Crippen LogP contribution in [0.4, 0.5) is 0 Å². The maximum absolute atomic E-state index is 13.0. The molecule has 0 unspecified atom stereocenters. The molecule has 0 atom stereocenters. The van der Waals surface area contributed by atoms with E-state index in [1.807, 2.05) is 18.2 Å². The van der Waals surface area contributed by atoms with Gasteiger partial charge in [0, 0.05) is 30.1 Å². The van der Waals surface area contributed by atoms with Crippen LogP contribution in [0.1, 0.15) is 72.3 Å². The van der Waals surface area contributed by atoms with E-state index in [2.05, 4.69) is 57.0 Å². The van der Waals surface area contributed by atoms with Gasteiger partial charge in [-0.15, -0.1) is 0 Å². The number of carbonyl (C=O) groups excluding carboxylic acids is 1. The Hall–Kier alpha value is -1.35. The molecule has 3 nitrogen and oxygen atoms in total. The number of nitrogens with one attached hydrogen (secondary N) is 1. The van der Waals surface area contributed by atoms with Gasteiger partial charge in [-0.25, -0.2) is 0 Å². The van der Waals surface area contributed by atoms with Gasteiger partial charge in [-0.3, -0.25) is 4.79 Å². The van der Waals surface area contributed by atoms with Gasteiger partial charge in [0.05, 0.1) is 0 Å². The number of unbranched alkanes of at least 4 members (excludes halogenated alkanes) is 1. The van der Waals surface area contributed by atoms with Gasteiger partial charge in [0.25, 0.3) is 0 Å². The number of benzene rings is 1. The Bertz CT molecular complexity index is 534. The fraction of sp³-hybridized carbons (Fsp3) is 0.682. The lowest BCUT2D eigenvalue weighted by atomic mass is 9.79. The molecular weight excluding hydrogens is 308 g/mol. The van der Waals surface area contributed by atoms with Crippen LogP contribution >= 0.6 is 0 Å². The summed E-state index contributed by atoms with van der Waals surface area (Å²) in [5.41, 5.74) is 1.38. The number of carbonyl (C=O) groups is 1. The van der Waals surface area contributed by atoms with Crippen LogP contribution in [-0.2, 0) is 11.2 Å². The molecular formula is C22H36N2O. The highest BCUT2D eigenvalue weighted by Crippen LogP contribution is 2.32. The van der Waals surface area contributed by atoms with Crippen molar-refractivity contribution in [2.75, 3.05) is 6.54 Å². The minimum atomic E-state index is 0.0661. The molecule has 1 aliphatic heterocycles. The first kappa shape index (κ1) is 20.0. The van der Waals surface area contributed by atoms with Crippen molar-refractivity contribution >= 4 is 5.91 Å². The zero-order valence-corrected chi connectivity index (χ0v) is 16.8. The molecule has 0 spiro atoms. The fourth-order valence-corrected chi connectivity index (χ4v) is 4.37. The standard InChI is InChI=1S/C22H36N2O/c1-6-7-15-24(19-16-21(2,3)23-22(4,5)17-19)20(25)14-13-18-11-9-8-10-12-18/h8-12,19,23H,6-7,13-17H2,1-5H3. The van der Waals surface area contributed by atoms with E-state index in [0.717, 1.165) is 38.6 Å². The summed E-state index contributed by atoms with van der Waals surface area (Å²) in [4.78, 5) is 15.2. The first-order valence-electron chi connectivity index (χ1n) is 9.85. The van der Waals surface area contributed by atoms with Gasteiger partial charge in [-0.2, -0.15) is 0 Å². The molecule has 0 aromatic heterocycles. The maximum Gasteiger partial charge on any atom is 0.223 e.